The van der Waals surface area contributed by atoms with Crippen molar-refractivity contribution in [1.82, 2.24) is 15.2 Å². The van der Waals surface area contributed by atoms with E-state index >= 15 is 0 Å². The van der Waals surface area contributed by atoms with Crippen molar-refractivity contribution in [2.75, 3.05) is 44.2 Å². The summed E-state index contributed by atoms with van der Waals surface area (Å²) < 4.78 is 0. The number of hydrogen-bond donors (Lipinski definition) is 1. The highest BCUT2D eigenvalue weighted by atomic mass is 15.3. The fourth-order valence-corrected chi connectivity index (χ4v) is 3.09. The number of rotatable bonds is 7. The lowest BCUT2D eigenvalue weighted by Crippen LogP contribution is -2.47. The zero-order chi connectivity index (χ0) is 14.5. The molecule has 1 aliphatic carbocycles. The molecule has 3 rings (SSSR count). The van der Waals surface area contributed by atoms with E-state index < -0.39 is 0 Å². The number of aromatic nitrogens is 1. The third kappa shape index (κ3) is 4.17. The summed E-state index contributed by atoms with van der Waals surface area (Å²) in [6.07, 6.45) is 8.04. The summed E-state index contributed by atoms with van der Waals surface area (Å²) in [4.78, 5) is 9.49. The molecule has 0 spiro atoms. The van der Waals surface area contributed by atoms with Gasteiger partial charge in [0.05, 0.1) is 11.9 Å². The molecule has 1 N–H and O–H groups in total. The van der Waals surface area contributed by atoms with Crippen LogP contribution in [-0.2, 0) is 6.54 Å². The minimum absolute atomic E-state index is 0.952. The van der Waals surface area contributed by atoms with E-state index in [9.17, 15) is 0 Å². The first-order valence-electron chi connectivity index (χ1n) is 8.47. The van der Waals surface area contributed by atoms with Crippen molar-refractivity contribution in [3.05, 3.63) is 24.0 Å². The molecule has 1 aromatic rings. The lowest BCUT2D eigenvalue weighted by atomic mass is 10.1. The van der Waals surface area contributed by atoms with Gasteiger partial charge in [0, 0.05) is 45.5 Å². The molecule has 1 saturated heterocycles. The van der Waals surface area contributed by atoms with Gasteiger partial charge >= 0.3 is 0 Å². The van der Waals surface area contributed by atoms with Gasteiger partial charge in [-0.25, -0.2) is 0 Å². The Balaban J connectivity index is 1.56. The van der Waals surface area contributed by atoms with E-state index in [0.717, 1.165) is 32.1 Å². The summed E-state index contributed by atoms with van der Waals surface area (Å²) in [6.45, 7) is 10.2. The summed E-state index contributed by atoms with van der Waals surface area (Å²) in [6, 6.07) is 2.16. The predicted octanol–water partition coefficient (Wildman–Crippen LogP) is 2.11. The van der Waals surface area contributed by atoms with Gasteiger partial charge in [-0.2, -0.15) is 0 Å². The monoisotopic (exact) mass is 288 g/mol. The van der Waals surface area contributed by atoms with E-state index in [1.807, 2.05) is 12.4 Å². The Morgan fingerprint density at radius 2 is 2.05 bits per heavy atom. The van der Waals surface area contributed by atoms with E-state index in [1.165, 1.54) is 50.1 Å². The Hall–Kier alpha value is -1.13. The van der Waals surface area contributed by atoms with Crippen molar-refractivity contribution < 1.29 is 0 Å². The Kier molecular flexibility index (Phi) is 5.09. The normalized spacial score (nSPS) is 20.0. The molecular weight excluding hydrogens is 260 g/mol. The molecule has 0 amide bonds. The smallest absolute Gasteiger partial charge is 0.0599 e. The van der Waals surface area contributed by atoms with Gasteiger partial charge in [-0.15, -0.1) is 0 Å². The molecule has 4 heteroatoms. The lowest BCUT2D eigenvalue weighted by Gasteiger charge is -2.36. The summed E-state index contributed by atoms with van der Waals surface area (Å²) in [5.74, 6) is 1.00. The number of hydrogen-bond acceptors (Lipinski definition) is 4. The summed E-state index contributed by atoms with van der Waals surface area (Å²) in [5, 5.41) is 3.51. The van der Waals surface area contributed by atoms with Crippen molar-refractivity contribution in [2.24, 2.45) is 5.92 Å². The van der Waals surface area contributed by atoms with Crippen LogP contribution in [0, 0.1) is 5.92 Å². The van der Waals surface area contributed by atoms with Crippen LogP contribution in [0.4, 0.5) is 5.69 Å². The van der Waals surface area contributed by atoms with Crippen LogP contribution < -0.4 is 10.2 Å². The molecule has 116 valence electrons. The van der Waals surface area contributed by atoms with Crippen LogP contribution in [0.2, 0.25) is 0 Å². The third-order valence-corrected chi connectivity index (χ3v) is 4.56. The molecule has 0 unspecified atom stereocenters. The first kappa shape index (κ1) is 14.8. The molecule has 4 nitrogen and oxygen atoms in total. The quantitative estimate of drug-likeness (QED) is 0.779. The maximum absolute atomic E-state index is 4.34. The molecular formula is C17H28N4. The number of piperazine rings is 1. The van der Waals surface area contributed by atoms with Crippen molar-refractivity contribution in [1.29, 1.82) is 0 Å². The van der Waals surface area contributed by atoms with E-state index in [2.05, 4.69) is 33.1 Å². The van der Waals surface area contributed by atoms with Crippen LogP contribution in [0.3, 0.4) is 0 Å². The van der Waals surface area contributed by atoms with Crippen LogP contribution in [0.25, 0.3) is 0 Å². The molecule has 0 atom stereocenters. The first-order valence-corrected chi connectivity index (χ1v) is 8.47. The van der Waals surface area contributed by atoms with Crippen LogP contribution in [0.15, 0.2) is 18.5 Å². The van der Waals surface area contributed by atoms with Gasteiger partial charge in [0.1, 0.15) is 0 Å². The molecule has 21 heavy (non-hydrogen) atoms. The molecule has 2 heterocycles. The van der Waals surface area contributed by atoms with Gasteiger partial charge in [0.2, 0.25) is 0 Å². The number of nitrogens with one attached hydrogen (secondary N) is 1. The number of nitrogens with zero attached hydrogens (tertiary/aromatic N) is 3. The molecule has 2 aliphatic rings. The summed E-state index contributed by atoms with van der Waals surface area (Å²) in [7, 11) is 0. The van der Waals surface area contributed by atoms with Crippen molar-refractivity contribution >= 4 is 5.69 Å². The highest BCUT2D eigenvalue weighted by molar-refractivity contribution is 5.52. The maximum atomic E-state index is 4.34. The van der Waals surface area contributed by atoms with Crippen LogP contribution in [0.5, 0.6) is 0 Å². The fourth-order valence-electron chi connectivity index (χ4n) is 3.09. The van der Waals surface area contributed by atoms with E-state index in [0.29, 0.717) is 0 Å². The Morgan fingerprint density at radius 3 is 2.76 bits per heavy atom. The number of pyridine rings is 1. The predicted molar refractivity (Wildman–Crippen MR) is 87.6 cm³/mol. The molecule has 0 radical (unpaired) electrons. The van der Waals surface area contributed by atoms with Gasteiger partial charge in [-0.3, -0.25) is 9.88 Å². The first-order chi connectivity index (χ1) is 10.4. The Morgan fingerprint density at radius 1 is 1.24 bits per heavy atom. The van der Waals surface area contributed by atoms with Crippen LogP contribution in [-0.4, -0.2) is 49.2 Å². The zero-order valence-corrected chi connectivity index (χ0v) is 13.2. The van der Waals surface area contributed by atoms with Gasteiger partial charge < -0.3 is 10.2 Å². The SMILES string of the molecule is CCCNCc1ccncc1N1CCN(CC2CC2)CC1. The molecule has 0 aromatic carbocycles. The third-order valence-electron chi connectivity index (χ3n) is 4.56. The second-order valence-corrected chi connectivity index (χ2v) is 6.41. The van der Waals surface area contributed by atoms with Crippen molar-refractivity contribution in [3.63, 3.8) is 0 Å². The minimum atomic E-state index is 0.952. The molecule has 1 saturated carbocycles. The highest BCUT2D eigenvalue weighted by Crippen LogP contribution is 2.30. The van der Waals surface area contributed by atoms with Crippen molar-refractivity contribution in [3.8, 4) is 0 Å². The van der Waals surface area contributed by atoms with Gasteiger partial charge in [-0.1, -0.05) is 6.92 Å². The number of anilines is 1. The summed E-state index contributed by atoms with van der Waals surface area (Å²) >= 11 is 0. The second kappa shape index (κ2) is 7.23. The molecule has 1 aromatic heterocycles. The van der Waals surface area contributed by atoms with E-state index in [-0.39, 0.29) is 0 Å². The maximum Gasteiger partial charge on any atom is 0.0599 e. The average Bonchev–Trinajstić information content (AvgIpc) is 3.33. The molecule has 0 bridgehead atoms. The standard InChI is InChI=1S/C17H28N4/c1-2-6-18-12-16-5-7-19-13-17(16)21-10-8-20(9-11-21)14-15-3-4-15/h5,7,13,15,18H,2-4,6,8-12,14H2,1H3. The largest absolute Gasteiger partial charge is 0.367 e. The average molecular weight is 288 g/mol. The molecule has 2 fully saturated rings. The van der Waals surface area contributed by atoms with Gasteiger partial charge in [0.15, 0.2) is 0 Å². The zero-order valence-electron chi connectivity index (χ0n) is 13.2. The van der Waals surface area contributed by atoms with Gasteiger partial charge in [-0.05, 0) is 43.4 Å². The highest BCUT2D eigenvalue weighted by Gasteiger charge is 2.26. The van der Waals surface area contributed by atoms with Gasteiger partial charge in [0.25, 0.3) is 0 Å². The van der Waals surface area contributed by atoms with Crippen LogP contribution >= 0.6 is 0 Å². The van der Waals surface area contributed by atoms with Crippen molar-refractivity contribution in [2.45, 2.75) is 32.7 Å². The van der Waals surface area contributed by atoms with Crippen LogP contribution in [0.1, 0.15) is 31.7 Å². The minimum Gasteiger partial charge on any atom is -0.367 e. The molecule has 1 aliphatic heterocycles. The summed E-state index contributed by atoms with van der Waals surface area (Å²) in [5.41, 5.74) is 2.71. The lowest BCUT2D eigenvalue weighted by molar-refractivity contribution is 0.248. The fraction of sp³-hybridized carbons (Fsp3) is 0.706. The second-order valence-electron chi connectivity index (χ2n) is 6.41. The Bertz CT molecular complexity index is 436. The Labute approximate surface area is 128 Å². The van der Waals surface area contributed by atoms with E-state index in [1.54, 1.807) is 0 Å². The van der Waals surface area contributed by atoms with E-state index in [4.69, 9.17) is 0 Å². The topological polar surface area (TPSA) is 31.4 Å².